The standard InChI is InChI=1S/C15H30O3/c1-4-6-7-8-9-10-11-14(13(3)5-2)18-12-15(16)17/h13-14H,4-12H2,1-3H3,(H,16,17). The van der Waals surface area contributed by atoms with Gasteiger partial charge in [-0.1, -0.05) is 65.7 Å². The van der Waals surface area contributed by atoms with Crippen LogP contribution in [0.4, 0.5) is 0 Å². The molecule has 1 N–H and O–H groups in total. The second-order valence-corrected chi connectivity index (χ2v) is 5.19. The van der Waals surface area contributed by atoms with Gasteiger partial charge in [0.25, 0.3) is 0 Å². The van der Waals surface area contributed by atoms with E-state index in [-0.39, 0.29) is 12.7 Å². The summed E-state index contributed by atoms with van der Waals surface area (Å²) in [6.07, 6.45) is 9.75. The average molecular weight is 258 g/mol. The molecule has 0 amide bonds. The van der Waals surface area contributed by atoms with Crippen molar-refractivity contribution >= 4 is 5.97 Å². The molecule has 0 bridgehead atoms. The van der Waals surface area contributed by atoms with Gasteiger partial charge in [0.2, 0.25) is 0 Å². The molecule has 18 heavy (non-hydrogen) atoms. The Morgan fingerprint density at radius 3 is 2.28 bits per heavy atom. The van der Waals surface area contributed by atoms with E-state index >= 15 is 0 Å². The highest BCUT2D eigenvalue weighted by atomic mass is 16.5. The van der Waals surface area contributed by atoms with Crippen LogP contribution in [0.3, 0.4) is 0 Å². The van der Waals surface area contributed by atoms with Gasteiger partial charge in [0.15, 0.2) is 0 Å². The van der Waals surface area contributed by atoms with Crippen LogP contribution < -0.4 is 0 Å². The van der Waals surface area contributed by atoms with Crippen LogP contribution in [0.15, 0.2) is 0 Å². The molecular formula is C15H30O3. The van der Waals surface area contributed by atoms with E-state index in [2.05, 4.69) is 20.8 Å². The Morgan fingerprint density at radius 2 is 1.72 bits per heavy atom. The van der Waals surface area contributed by atoms with Gasteiger partial charge in [0.05, 0.1) is 6.10 Å². The third kappa shape index (κ3) is 9.46. The zero-order valence-corrected chi connectivity index (χ0v) is 12.3. The molecule has 108 valence electrons. The maximum Gasteiger partial charge on any atom is 0.329 e. The van der Waals surface area contributed by atoms with Crippen LogP contribution in [0.25, 0.3) is 0 Å². The number of carboxylic acids is 1. The monoisotopic (exact) mass is 258 g/mol. The van der Waals surface area contributed by atoms with Crippen LogP contribution in [-0.4, -0.2) is 23.8 Å². The molecule has 0 saturated carbocycles. The van der Waals surface area contributed by atoms with Crippen LogP contribution in [0.1, 0.15) is 72.1 Å². The normalized spacial score (nSPS) is 14.4. The Labute approximate surface area is 112 Å². The SMILES string of the molecule is CCCCCCCCC(OCC(=O)O)C(C)CC. The Hall–Kier alpha value is -0.570. The van der Waals surface area contributed by atoms with Crippen molar-refractivity contribution in [3.8, 4) is 0 Å². The summed E-state index contributed by atoms with van der Waals surface area (Å²) in [5.41, 5.74) is 0. The van der Waals surface area contributed by atoms with E-state index in [9.17, 15) is 4.79 Å². The first-order valence-corrected chi connectivity index (χ1v) is 7.45. The third-order valence-electron chi connectivity index (χ3n) is 3.54. The summed E-state index contributed by atoms with van der Waals surface area (Å²) in [7, 11) is 0. The van der Waals surface area contributed by atoms with Crippen LogP contribution in [-0.2, 0) is 9.53 Å². The van der Waals surface area contributed by atoms with Gasteiger partial charge in [-0.15, -0.1) is 0 Å². The third-order valence-corrected chi connectivity index (χ3v) is 3.54. The minimum absolute atomic E-state index is 0.109. The molecule has 0 spiro atoms. The van der Waals surface area contributed by atoms with Crippen LogP contribution in [0, 0.1) is 5.92 Å². The number of hydrogen-bond donors (Lipinski definition) is 1. The molecule has 0 aromatic carbocycles. The summed E-state index contributed by atoms with van der Waals surface area (Å²) in [6, 6.07) is 0. The summed E-state index contributed by atoms with van der Waals surface area (Å²) in [5.74, 6) is -0.425. The van der Waals surface area contributed by atoms with Crippen molar-refractivity contribution in [2.45, 2.75) is 78.2 Å². The lowest BCUT2D eigenvalue weighted by molar-refractivity contribution is -0.145. The Bertz CT molecular complexity index is 204. The molecule has 0 saturated heterocycles. The van der Waals surface area contributed by atoms with E-state index in [4.69, 9.17) is 9.84 Å². The van der Waals surface area contributed by atoms with Crippen LogP contribution >= 0.6 is 0 Å². The predicted molar refractivity (Wildman–Crippen MR) is 74.8 cm³/mol. The minimum Gasteiger partial charge on any atom is -0.480 e. The van der Waals surface area contributed by atoms with E-state index in [1.165, 1.54) is 32.1 Å². The molecule has 2 unspecified atom stereocenters. The van der Waals surface area contributed by atoms with Gasteiger partial charge in [-0.2, -0.15) is 0 Å². The molecule has 0 heterocycles. The second kappa shape index (κ2) is 11.5. The lowest BCUT2D eigenvalue weighted by Gasteiger charge is -2.22. The van der Waals surface area contributed by atoms with Crippen molar-refractivity contribution in [3.63, 3.8) is 0 Å². The molecule has 0 fully saturated rings. The molecule has 0 rings (SSSR count). The number of aliphatic carboxylic acids is 1. The van der Waals surface area contributed by atoms with Gasteiger partial charge in [0.1, 0.15) is 6.61 Å². The van der Waals surface area contributed by atoms with Gasteiger partial charge >= 0.3 is 5.97 Å². The van der Waals surface area contributed by atoms with Crippen molar-refractivity contribution < 1.29 is 14.6 Å². The van der Waals surface area contributed by atoms with E-state index in [1.807, 2.05) is 0 Å². The lowest BCUT2D eigenvalue weighted by Crippen LogP contribution is -2.24. The van der Waals surface area contributed by atoms with Crippen molar-refractivity contribution in [1.29, 1.82) is 0 Å². The molecule has 3 heteroatoms. The molecule has 2 atom stereocenters. The Balaban J connectivity index is 3.76. The van der Waals surface area contributed by atoms with E-state index in [1.54, 1.807) is 0 Å². The van der Waals surface area contributed by atoms with Crippen LogP contribution in [0.2, 0.25) is 0 Å². The summed E-state index contributed by atoms with van der Waals surface area (Å²) >= 11 is 0. The Morgan fingerprint density at radius 1 is 1.11 bits per heavy atom. The first-order chi connectivity index (χ1) is 8.61. The van der Waals surface area contributed by atoms with Crippen LogP contribution in [0.5, 0.6) is 0 Å². The maximum atomic E-state index is 10.5. The molecule has 0 radical (unpaired) electrons. The highest BCUT2D eigenvalue weighted by Crippen LogP contribution is 2.18. The molecule has 3 nitrogen and oxygen atoms in total. The maximum absolute atomic E-state index is 10.5. The number of ether oxygens (including phenoxy) is 1. The Kier molecular flexibility index (Phi) is 11.2. The van der Waals surface area contributed by atoms with Crippen molar-refractivity contribution in [2.75, 3.05) is 6.61 Å². The van der Waals surface area contributed by atoms with Gasteiger partial charge in [-0.3, -0.25) is 0 Å². The largest absolute Gasteiger partial charge is 0.480 e. The highest BCUT2D eigenvalue weighted by molar-refractivity contribution is 5.68. The van der Waals surface area contributed by atoms with Gasteiger partial charge in [0, 0.05) is 0 Å². The zero-order chi connectivity index (χ0) is 13.8. The lowest BCUT2D eigenvalue weighted by atomic mass is 9.96. The smallest absolute Gasteiger partial charge is 0.329 e. The first-order valence-electron chi connectivity index (χ1n) is 7.45. The molecule has 0 aliphatic heterocycles. The second-order valence-electron chi connectivity index (χ2n) is 5.19. The quantitative estimate of drug-likeness (QED) is 0.532. The fourth-order valence-corrected chi connectivity index (χ4v) is 2.10. The van der Waals surface area contributed by atoms with Crippen molar-refractivity contribution in [3.05, 3.63) is 0 Å². The number of carboxylic acid groups (broad SMARTS) is 1. The summed E-state index contributed by atoms with van der Waals surface area (Å²) in [4.78, 5) is 10.5. The number of hydrogen-bond acceptors (Lipinski definition) is 2. The highest BCUT2D eigenvalue weighted by Gasteiger charge is 2.17. The summed E-state index contributed by atoms with van der Waals surface area (Å²) < 4.78 is 5.48. The van der Waals surface area contributed by atoms with E-state index in [0.29, 0.717) is 5.92 Å². The topological polar surface area (TPSA) is 46.5 Å². The average Bonchev–Trinajstić information content (AvgIpc) is 2.35. The first kappa shape index (κ1) is 17.4. The van der Waals surface area contributed by atoms with Gasteiger partial charge < -0.3 is 9.84 Å². The number of carbonyl (C=O) groups is 1. The minimum atomic E-state index is -0.869. The van der Waals surface area contributed by atoms with Gasteiger partial charge in [-0.05, 0) is 12.3 Å². The molecule has 0 aromatic rings. The molecule has 0 aliphatic rings. The number of rotatable bonds is 12. The molecule has 0 aliphatic carbocycles. The predicted octanol–water partition coefficient (Wildman–Crippen LogP) is 4.25. The zero-order valence-electron chi connectivity index (χ0n) is 12.3. The summed E-state index contributed by atoms with van der Waals surface area (Å²) in [5, 5.41) is 8.66. The van der Waals surface area contributed by atoms with Gasteiger partial charge in [-0.25, -0.2) is 4.79 Å². The molecule has 0 aromatic heterocycles. The number of unbranched alkanes of at least 4 members (excludes halogenated alkanes) is 5. The van der Waals surface area contributed by atoms with E-state index in [0.717, 1.165) is 19.3 Å². The summed E-state index contributed by atoms with van der Waals surface area (Å²) in [6.45, 7) is 6.33. The fourth-order valence-electron chi connectivity index (χ4n) is 2.10. The van der Waals surface area contributed by atoms with Crippen molar-refractivity contribution in [2.24, 2.45) is 5.92 Å². The molecular weight excluding hydrogens is 228 g/mol. The fraction of sp³-hybridized carbons (Fsp3) is 0.933. The van der Waals surface area contributed by atoms with E-state index < -0.39 is 5.97 Å². The van der Waals surface area contributed by atoms with Crippen molar-refractivity contribution in [1.82, 2.24) is 0 Å².